The molecule has 0 saturated carbocycles. The number of hydrogen-bond acceptors (Lipinski definition) is 5. The molecule has 2 aliphatic heterocycles. The molecule has 2 aliphatic rings. The van der Waals surface area contributed by atoms with Gasteiger partial charge in [0.2, 0.25) is 5.95 Å². The van der Waals surface area contributed by atoms with Crippen molar-refractivity contribution in [3.8, 4) is 0 Å². The fourth-order valence-corrected chi connectivity index (χ4v) is 4.51. The molecule has 1 aromatic rings. The van der Waals surface area contributed by atoms with Gasteiger partial charge in [-0.25, -0.2) is 4.98 Å². The molecule has 0 amide bonds. The first-order valence-corrected chi connectivity index (χ1v) is 10.9. The zero-order valence-corrected chi connectivity index (χ0v) is 16.8. The number of likely N-dealkylation sites (tertiary alicyclic amines) is 1. The summed E-state index contributed by atoms with van der Waals surface area (Å²) in [5.41, 5.74) is 0. The molecule has 5 heteroatoms. The van der Waals surface area contributed by atoms with E-state index >= 15 is 0 Å². The van der Waals surface area contributed by atoms with Crippen molar-refractivity contribution >= 4 is 11.8 Å². The van der Waals surface area contributed by atoms with Gasteiger partial charge < -0.3 is 10.2 Å². The summed E-state index contributed by atoms with van der Waals surface area (Å²) in [4.78, 5) is 14.5. The molecular formula is C21H37N5. The first-order chi connectivity index (χ1) is 12.8. The van der Waals surface area contributed by atoms with Gasteiger partial charge in [0, 0.05) is 37.9 Å². The summed E-state index contributed by atoms with van der Waals surface area (Å²) in [5.74, 6) is 1.90. The van der Waals surface area contributed by atoms with Crippen molar-refractivity contribution in [1.82, 2.24) is 14.9 Å². The Hall–Kier alpha value is -1.36. The quantitative estimate of drug-likeness (QED) is 0.786. The highest BCUT2D eigenvalue weighted by Crippen LogP contribution is 2.22. The number of nitrogens with zero attached hydrogens (tertiary/aromatic N) is 4. The summed E-state index contributed by atoms with van der Waals surface area (Å²) in [6.07, 6.45) is 13.5. The molecule has 2 saturated heterocycles. The molecule has 5 nitrogen and oxygen atoms in total. The Labute approximate surface area is 159 Å². The summed E-state index contributed by atoms with van der Waals surface area (Å²) in [7, 11) is 0. The number of anilines is 2. The zero-order chi connectivity index (χ0) is 18.2. The molecule has 2 atom stereocenters. The molecular weight excluding hydrogens is 322 g/mol. The summed E-state index contributed by atoms with van der Waals surface area (Å²) in [6.45, 7) is 9.24. The number of nitrogens with one attached hydrogen (secondary N) is 1. The maximum atomic E-state index is 4.84. The maximum absolute atomic E-state index is 4.84. The smallest absolute Gasteiger partial charge is 0.224 e. The highest BCUT2D eigenvalue weighted by atomic mass is 15.2. The van der Waals surface area contributed by atoms with Gasteiger partial charge in [0.15, 0.2) is 0 Å². The lowest BCUT2D eigenvalue weighted by Gasteiger charge is -2.38. The predicted octanol–water partition coefficient (Wildman–Crippen LogP) is 4.31. The van der Waals surface area contributed by atoms with E-state index < -0.39 is 0 Å². The van der Waals surface area contributed by atoms with Gasteiger partial charge in [-0.2, -0.15) is 4.98 Å². The minimum Gasteiger partial charge on any atom is -0.356 e. The van der Waals surface area contributed by atoms with E-state index in [0.29, 0.717) is 6.04 Å². The van der Waals surface area contributed by atoms with Gasteiger partial charge in [-0.1, -0.05) is 33.1 Å². The fourth-order valence-electron chi connectivity index (χ4n) is 4.51. The van der Waals surface area contributed by atoms with Crippen molar-refractivity contribution in [2.24, 2.45) is 0 Å². The second-order valence-electron chi connectivity index (χ2n) is 7.97. The van der Waals surface area contributed by atoms with Crippen molar-refractivity contribution in [1.29, 1.82) is 0 Å². The first kappa shape index (κ1) is 19.4. The molecule has 1 aromatic heterocycles. The van der Waals surface area contributed by atoms with Crippen molar-refractivity contribution in [2.75, 3.05) is 36.4 Å². The van der Waals surface area contributed by atoms with Gasteiger partial charge in [0.05, 0.1) is 0 Å². The minimum atomic E-state index is 0.467. The Morgan fingerprint density at radius 1 is 1.12 bits per heavy atom. The largest absolute Gasteiger partial charge is 0.356 e. The summed E-state index contributed by atoms with van der Waals surface area (Å²) >= 11 is 0. The van der Waals surface area contributed by atoms with Gasteiger partial charge in [0.25, 0.3) is 0 Å². The van der Waals surface area contributed by atoms with Gasteiger partial charge in [-0.05, 0) is 51.1 Å². The Morgan fingerprint density at radius 3 is 2.65 bits per heavy atom. The second-order valence-corrected chi connectivity index (χ2v) is 7.97. The SMILES string of the molecule is CCCC(CC)N1CCCC(Nc2nccc(N3CCCCCC3)n2)C1. The molecule has 0 aromatic carbocycles. The molecule has 3 heterocycles. The maximum Gasteiger partial charge on any atom is 0.224 e. The number of piperidine rings is 1. The normalized spacial score (nSPS) is 23.5. The lowest BCUT2D eigenvalue weighted by molar-refractivity contribution is 0.142. The van der Waals surface area contributed by atoms with Crippen LogP contribution in [-0.4, -0.2) is 53.1 Å². The van der Waals surface area contributed by atoms with E-state index in [1.54, 1.807) is 0 Å². The average molecular weight is 360 g/mol. The van der Waals surface area contributed by atoms with Crippen molar-refractivity contribution in [2.45, 2.75) is 83.7 Å². The lowest BCUT2D eigenvalue weighted by Crippen LogP contribution is -2.47. The molecule has 1 N–H and O–H groups in total. The molecule has 0 bridgehead atoms. The first-order valence-electron chi connectivity index (χ1n) is 10.9. The molecule has 0 radical (unpaired) electrons. The molecule has 146 valence electrons. The monoisotopic (exact) mass is 359 g/mol. The second kappa shape index (κ2) is 10.1. The third-order valence-corrected chi connectivity index (χ3v) is 5.97. The molecule has 0 spiro atoms. The van der Waals surface area contributed by atoms with Crippen molar-refractivity contribution in [3.05, 3.63) is 12.3 Å². The van der Waals surface area contributed by atoms with E-state index in [9.17, 15) is 0 Å². The van der Waals surface area contributed by atoms with Crippen molar-refractivity contribution in [3.63, 3.8) is 0 Å². The number of hydrogen-bond donors (Lipinski definition) is 1. The summed E-state index contributed by atoms with van der Waals surface area (Å²) in [6, 6.07) is 3.26. The molecule has 26 heavy (non-hydrogen) atoms. The summed E-state index contributed by atoms with van der Waals surface area (Å²) < 4.78 is 0. The van der Waals surface area contributed by atoms with Crippen LogP contribution in [0.15, 0.2) is 12.3 Å². The van der Waals surface area contributed by atoms with E-state index in [-0.39, 0.29) is 0 Å². The van der Waals surface area contributed by atoms with Crippen LogP contribution in [0.4, 0.5) is 11.8 Å². The Kier molecular flexibility index (Phi) is 7.54. The highest BCUT2D eigenvalue weighted by molar-refractivity contribution is 5.43. The van der Waals surface area contributed by atoms with E-state index in [1.807, 2.05) is 6.20 Å². The van der Waals surface area contributed by atoms with Crippen LogP contribution in [0.3, 0.4) is 0 Å². The minimum absolute atomic E-state index is 0.467. The third kappa shape index (κ3) is 5.32. The van der Waals surface area contributed by atoms with Crippen LogP contribution in [-0.2, 0) is 0 Å². The van der Waals surface area contributed by atoms with Crippen LogP contribution < -0.4 is 10.2 Å². The lowest BCUT2D eigenvalue weighted by atomic mass is 10.0. The predicted molar refractivity (Wildman–Crippen MR) is 110 cm³/mol. The average Bonchev–Trinajstić information content (AvgIpc) is 2.96. The van der Waals surface area contributed by atoms with Crippen molar-refractivity contribution < 1.29 is 0 Å². The van der Waals surface area contributed by atoms with Crippen LogP contribution >= 0.6 is 0 Å². The van der Waals surface area contributed by atoms with Gasteiger partial charge >= 0.3 is 0 Å². The molecule has 2 unspecified atom stereocenters. The van der Waals surface area contributed by atoms with Crippen LogP contribution in [0.1, 0.15) is 71.6 Å². The van der Waals surface area contributed by atoms with Gasteiger partial charge in [-0.15, -0.1) is 0 Å². The number of aromatic nitrogens is 2. The Morgan fingerprint density at radius 2 is 1.92 bits per heavy atom. The van der Waals surface area contributed by atoms with Crippen LogP contribution in [0.2, 0.25) is 0 Å². The topological polar surface area (TPSA) is 44.3 Å². The van der Waals surface area contributed by atoms with E-state index in [4.69, 9.17) is 4.98 Å². The van der Waals surface area contributed by atoms with Gasteiger partial charge in [-0.3, -0.25) is 4.90 Å². The number of rotatable bonds is 7. The highest BCUT2D eigenvalue weighted by Gasteiger charge is 2.25. The Balaban J connectivity index is 1.60. The summed E-state index contributed by atoms with van der Waals surface area (Å²) in [5, 5.41) is 3.64. The van der Waals surface area contributed by atoms with Gasteiger partial charge in [0.1, 0.15) is 5.82 Å². The molecule has 0 aliphatic carbocycles. The molecule has 2 fully saturated rings. The van der Waals surface area contributed by atoms with Crippen LogP contribution in [0, 0.1) is 0 Å². The molecule has 3 rings (SSSR count). The third-order valence-electron chi connectivity index (χ3n) is 5.97. The Bertz CT molecular complexity index is 527. The zero-order valence-electron chi connectivity index (χ0n) is 16.8. The standard InChI is InChI=1S/C21H37N5/c1-3-10-19(4-2)26-16-9-11-18(17-26)23-21-22-13-12-20(24-21)25-14-7-5-6-8-15-25/h12-13,18-19H,3-11,14-17H2,1-2H3,(H,22,23,24). The van der Waals surface area contributed by atoms with E-state index in [1.165, 1.54) is 64.3 Å². The van der Waals surface area contributed by atoms with Crippen LogP contribution in [0.25, 0.3) is 0 Å². The van der Waals surface area contributed by atoms with E-state index in [2.05, 4.69) is 40.0 Å². The van der Waals surface area contributed by atoms with E-state index in [0.717, 1.165) is 37.4 Å². The van der Waals surface area contributed by atoms with Crippen LogP contribution in [0.5, 0.6) is 0 Å². The fraction of sp³-hybridized carbons (Fsp3) is 0.810.